The highest BCUT2D eigenvalue weighted by Gasteiger charge is 2.23. The summed E-state index contributed by atoms with van der Waals surface area (Å²) in [4.78, 5) is 22.6. The maximum atomic E-state index is 13.4. The van der Waals surface area contributed by atoms with Gasteiger partial charge in [-0.25, -0.2) is 14.3 Å². The number of nitrogens with one attached hydrogen (secondary N) is 2. The van der Waals surface area contributed by atoms with E-state index in [2.05, 4.69) is 54.6 Å². The minimum Gasteiger partial charge on any atom is -0.324 e. The highest BCUT2D eigenvalue weighted by Crippen LogP contribution is 2.29. The molecule has 1 aliphatic heterocycles. The second-order valence-electron chi connectivity index (χ2n) is 10.6. The quantitative estimate of drug-likeness (QED) is 0.437. The summed E-state index contributed by atoms with van der Waals surface area (Å²) in [5, 5.41) is 16.8. The van der Waals surface area contributed by atoms with Crippen LogP contribution in [0.5, 0.6) is 0 Å². The average Bonchev–Trinajstić information content (AvgIpc) is 3.15. The molecular weight excluding hydrogens is 450 g/mol. The van der Waals surface area contributed by atoms with Gasteiger partial charge in [0, 0.05) is 24.5 Å². The lowest BCUT2D eigenvalue weighted by Crippen LogP contribution is -2.24. The summed E-state index contributed by atoms with van der Waals surface area (Å²) in [6.45, 7) is 12.0. The maximum absolute atomic E-state index is 13.4. The van der Waals surface area contributed by atoms with E-state index in [9.17, 15) is 10.1 Å². The summed E-state index contributed by atoms with van der Waals surface area (Å²) in [5.74, 6) is 0.427. The molecule has 5 rings (SSSR count). The lowest BCUT2D eigenvalue weighted by Gasteiger charge is -2.23. The van der Waals surface area contributed by atoms with Crippen molar-refractivity contribution in [2.45, 2.75) is 59.0 Å². The van der Waals surface area contributed by atoms with E-state index in [1.807, 2.05) is 42.8 Å². The number of benzene rings is 2. The standard InChI is InChI=1S/C28H31N7O/c1-17(2)34-26(36)23-16-31-27(32-21-8-6-20-15-30-11-10-18(20)12-21)33-25(23)35(34)22-9-7-19(14-29)24(13-22)28(3,4)5/h6-9,12-13,16-17,30H,10-11,15H2,1-5H3,(H,31,32,33). The normalized spacial score (nSPS) is 13.6. The predicted octanol–water partition coefficient (Wildman–Crippen LogP) is 4.72. The number of nitriles is 1. The Morgan fingerprint density at radius 3 is 2.67 bits per heavy atom. The number of nitrogens with zero attached hydrogens (tertiary/aromatic N) is 5. The Balaban J connectivity index is 1.66. The molecule has 0 radical (unpaired) electrons. The van der Waals surface area contributed by atoms with Gasteiger partial charge in [0.1, 0.15) is 5.39 Å². The summed E-state index contributed by atoms with van der Waals surface area (Å²) >= 11 is 0. The van der Waals surface area contributed by atoms with E-state index in [0.717, 1.165) is 36.4 Å². The van der Waals surface area contributed by atoms with E-state index in [1.54, 1.807) is 10.9 Å². The molecule has 4 aromatic rings. The van der Waals surface area contributed by atoms with E-state index in [4.69, 9.17) is 4.98 Å². The molecule has 0 saturated heterocycles. The van der Waals surface area contributed by atoms with Gasteiger partial charge >= 0.3 is 0 Å². The lowest BCUT2D eigenvalue weighted by molar-refractivity contribution is 0.475. The van der Waals surface area contributed by atoms with Crippen molar-refractivity contribution in [3.8, 4) is 11.8 Å². The van der Waals surface area contributed by atoms with Crippen molar-refractivity contribution in [3.05, 3.63) is 75.2 Å². The topological polar surface area (TPSA) is 101 Å². The van der Waals surface area contributed by atoms with Crippen LogP contribution in [0.25, 0.3) is 16.7 Å². The van der Waals surface area contributed by atoms with Gasteiger partial charge in [-0.2, -0.15) is 10.2 Å². The first-order valence-electron chi connectivity index (χ1n) is 12.3. The Bertz CT molecular complexity index is 1560. The van der Waals surface area contributed by atoms with Gasteiger partial charge in [0.2, 0.25) is 5.95 Å². The van der Waals surface area contributed by atoms with Crippen LogP contribution in [0.2, 0.25) is 0 Å². The van der Waals surface area contributed by atoms with Crippen LogP contribution in [0.4, 0.5) is 11.6 Å². The molecule has 0 saturated carbocycles. The Labute approximate surface area is 210 Å². The van der Waals surface area contributed by atoms with Gasteiger partial charge in [0.05, 0.1) is 17.3 Å². The molecule has 0 amide bonds. The van der Waals surface area contributed by atoms with Gasteiger partial charge in [0.15, 0.2) is 5.65 Å². The molecule has 2 N–H and O–H groups in total. The summed E-state index contributed by atoms with van der Waals surface area (Å²) in [7, 11) is 0. The van der Waals surface area contributed by atoms with Crippen molar-refractivity contribution >= 4 is 22.7 Å². The Kier molecular flexibility index (Phi) is 5.89. The molecule has 8 nitrogen and oxygen atoms in total. The van der Waals surface area contributed by atoms with Crippen molar-refractivity contribution in [2.24, 2.45) is 0 Å². The third-order valence-corrected chi connectivity index (χ3v) is 6.64. The number of anilines is 2. The van der Waals surface area contributed by atoms with Gasteiger partial charge in [0.25, 0.3) is 5.56 Å². The minimum absolute atomic E-state index is 0.105. The first kappa shape index (κ1) is 23.8. The fourth-order valence-electron chi connectivity index (χ4n) is 4.84. The SMILES string of the molecule is CC(C)n1c(=O)c2cnc(Nc3ccc4c(c3)CCNC4)nc2n1-c1ccc(C#N)c(C(C)(C)C)c1. The summed E-state index contributed by atoms with van der Waals surface area (Å²) in [6, 6.07) is 14.2. The van der Waals surface area contributed by atoms with Gasteiger partial charge in [-0.05, 0) is 79.3 Å². The highest BCUT2D eigenvalue weighted by molar-refractivity contribution is 5.77. The van der Waals surface area contributed by atoms with Crippen LogP contribution >= 0.6 is 0 Å². The van der Waals surface area contributed by atoms with Crippen LogP contribution in [0.1, 0.15) is 62.9 Å². The molecule has 3 heterocycles. The molecule has 0 atom stereocenters. The number of hydrogen-bond donors (Lipinski definition) is 2. The molecule has 0 fully saturated rings. The fourth-order valence-corrected chi connectivity index (χ4v) is 4.84. The van der Waals surface area contributed by atoms with E-state index in [-0.39, 0.29) is 17.0 Å². The van der Waals surface area contributed by atoms with Crippen LogP contribution in [0.15, 0.2) is 47.4 Å². The Hall–Kier alpha value is -3.96. The first-order valence-corrected chi connectivity index (χ1v) is 12.3. The van der Waals surface area contributed by atoms with Crippen molar-refractivity contribution in [1.29, 1.82) is 5.26 Å². The third kappa shape index (κ3) is 4.16. The number of rotatable bonds is 4. The van der Waals surface area contributed by atoms with Gasteiger partial charge < -0.3 is 10.6 Å². The Morgan fingerprint density at radius 1 is 1.14 bits per heavy atom. The minimum atomic E-state index is -0.239. The number of hydrogen-bond acceptors (Lipinski definition) is 6. The molecule has 1 aliphatic rings. The molecule has 0 aliphatic carbocycles. The van der Waals surface area contributed by atoms with Crippen LogP contribution in [-0.2, 0) is 18.4 Å². The fraction of sp³-hybridized carbons (Fsp3) is 0.357. The summed E-state index contributed by atoms with van der Waals surface area (Å²) in [6.07, 6.45) is 2.58. The highest BCUT2D eigenvalue weighted by atomic mass is 16.1. The average molecular weight is 482 g/mol. The zero-order chi connectivity index (χ0) is 25.6. The van der Waals surface area contributed by atoms with Crippen LogP contribution < -0.4 is 16.2 Å². The third-order valence-electron chi connectivity index (χ3n) is 6.64. The van der Waals surface area contributed by atoms with Crippen molar-refractivity contribution in [2.75, 3.05) is 11.9 Å². The molecule has 184 valence electrons. The molecule has 8 heteroatoms. The van der Waals surface area contributed by atoms with Gasteiger partial charge in [-0.15, -0.1) is 0 Å². The van der Waals surface area contributed by atoms with E-state index in [0.29, 0.717) is 22.5 Å². The molecule has 0 unspecified atom stereocenters. The van der Waals surface area contributed by atoms with E-state index < -0.39 is 0 Å². The predicted molar refractivity (Wildman–Crippen MR) is 142 cm³/mol. The van der Waals surface area contributed by atoms with Crippen LogP contribution in [0.3, 0.4) is 0 Å². The van der Waals surface area contributed by atoms with E-state index >= 15 is 0 Å². The molecular formula is C28H31N7O. The molecule has 0 bridgehead atoms. The Morgan fingerprint density at radius 2 is 1.94 bits per heavy atom. The number of aromatic nitrogens is 4. The van der Waals surface area contributed by atoms with Gasteiger partial charge in [-0.1, -0.05) is 26.8 Å². The molecule has 36 heavy (non-hydrogen) atoms. The lowest BCUT2D eigenvalue weighted by atomic mass is 9.84. The smallest absolute Gasteiger partial charge is 0.278 e. The van der Waals surface area contributed by atoms with Crippen molar-refractivity contribution < 1.29 is 0 Å². The maximum Gasteiger partial charge on any atom is 0.278 e. The van der Waals surface area contributed by atoms with Crippen molar-refractivity contribution in [1.82, 2.24) is 24.6 Å². The zero-order valence-corrected chi connectivity index (χ0v) is 21.4. The molecule has 2 aromatic carbocycles. The second kappa shape index (κ2) is 8.92. The zero-order valence-electron chi connectivity index (χ0n) is 21.4. The summed E-state index contributed by atoms with van der Waals surface area (Å²) < 4.78 is 3.55. The van der Waals surface area contributed by atoms with Gasteiger partial charge in [-0.3, -0.25) is 4.79 Å². The van der Waals surface area contributed by atoms with E-state index in [1.165, 1.54) is 11.1 Å². The largest absolute Gasteiger partial charge is 0.324 e. The molecule has 0 spiro atoms. The van der Waals surface area contributed by atoms with Crippen LogP contribution in [-0.4, -0.2) is 25.9 Å². The second-order valence-corrected chi connectivity index (χ2v) is 10.6. The summed E-state index contributed by atoms with van der Waals surface area (Å²) in [5.41, 5.74) is 6.01. The molecule has 2 aromatic heterocycles. The number of fused-ring (bicyclic) bond motifs is 2. The van der Waals surface area contributed by atoms with Crippen LogP contribution in [0, 0.1) is 11.3 Å². The first-order chi connectivity index (χ1) is 17.2. The van der Waals surface area contributed by atoms with Crippen molar-refractivity contribution in [3.63, 3.8) is 0 Å². The monoisotopic (exact) mass is 481 g/mol.